The molecule has 0 fully saturated rings. The second-order valence-corrected chi connectivity index (χ2v) is 8.89. The number of aromatic nitrogens is 2. The molecule has 0 bridgehead atoms. The van der Waals surface area contributed by atoms with Crippen LogP contribution in [-0.4, -0.2) is 41.5 Å². The van der Waals surface area contributed by atoms with Crippen LogP contribution in [0.1, 0.15) is 35.4 Å². The molecule has 0 aliphatic heterocycles. The van der Waals surface area contributed by atoms with Crippen LogP contribution in [0.15, 0.2) is 97.3 Å². The van der Waals surface area contributed by atoms with Crippen molar-refractivity contribution in [3.8, 4) is 5.75 Å². The number of hydrogen-bond acceptors (Lipinski definition) is 5. The Balaban J connectivity index is 1.46. The topological polar surface area (TPSA) is 108 Å². The van der Waals surface area contributed by atoms with Crippen molar-refractivity contribution in [2.45, 2.75) is 31.3 Å². The van der Waals surface area contributed by atoms with Crippen LogP contribution < -0.4 is 20.7 Å². The molecule has 0 aliphatic rings. The average Bonchev–Trinajstić information content (AvgIpc) is 3.48. The number of hydrogen-bond donors (Lipinski definition) is 4. The van der Waals surface area contributed by atoms with Gasteiger partial charge in [0.15, 0.2) is 5.95 Å². The van der Waals surface area contributed by atoms with Crippen molar-refractivity contribution < 1.29 is 14.3 Å². The number of ether oxygens (including phenoxy) is 1. The molecule has 4 rings (SSSR count). The van der Waals surface area contributed by atoms with E-state index >= 15 is 0 Å². The fourth-order valence-corrected chi connectivity index (χ4v) is 4.24. The maximum atomic E-state index is 13.7. The molecule has 0 radical (unpaired) electrons. The molecule has 1 unspecified atom stereocenters. The number of carbonyl (C=O) groups excluding carboxylic acids is 2. The van der Waals surface area contributed by atoms with E-state index in [-0.39, 0.29) is 11.8 Å². The number of methoxy groups -OCH3 is 1. The SMILES string of the molecule is COc1ccc(CNC(=O)C(CCCNc2ncc[nH]2)NC(=O)C(c2ccccc2)c2ccccc2)cc1. The molecule has 0 aliphatic carbocycles. The zero-order valence-electron chi connectivity index (χ0n) is 21.4. The number of anilines is 1. The number of benzene rings is 3. The number of carbonyl (C=O) groups is 2. The summed E-state index contributed by atoms with van der Waals surface area (Å²) in [5, 5.41) is 9.21. The minimum Gasteiger partial charge on any atom is -0.497 e. The first-order valence-corrected chi connectivity index (χ1v) is 12.7. The molecule has 4 aromatic rings. The third-order valence-corrected chi connectivity index (χ3v) is 6.25. The van der Waals surface area contributed by atoms with Crippen molar-refractivity contribution in [1.82, 2.24) is 20.6 Å². The monoisotopic (exact) mass is 511 g/mol. The summed E-state index contributed by atoms with van der Waals surface area (Å²) in [6, 6.07) is 26.0. The van der Waals surface area contributed by atoms with Crippen LogP contribution in [-0.2, 0) is 16.1 Å². The molecule has 3 aromatic carbocycles. The van der Waals surface area contributed by atoms with Crippen molar-refractivity contribution >= 4 is 17.8 Å². The largest absolute Gasteiger partial charge is 0.497 e. The second kappa shape index (κ2) is 13.6. The van der Waals surface area contributed by atoms with E-state index in [2.05, 4.69) is 25.9 Å². The maximum Gasteiger partial charge on any atom is 0.242 e. The summed E-state index contributed by atoms with van der Waals surface area (Å²) in [4.78, 5) is 34.1. The zero-order chi connectivity index (χ0) is 26.6. The molecule has 8 nitrogen and oxygen atoms in total. The Kier molecular flexibility index (Phi) is 9.51. The zero-order valence-corrected chi connectivity index (χ0v) is 21.4. The highest BCUT2D eigenvalue weighted by Crippen LogP contribution is 2.25. The molecule has 38 heavy (non-hydrogen) atoms. The van der Waals surface area contributed by atoms with E-state index in [0.29, 0.717) is 31.9 Å². The highest BCUT2D eigenvalue weighted by Gasteiger charge is 2.27. The van der Waals surface area contributed by atoms with Gasteiger partial charge in [0.1, 0.15) is 11.8 Å². The number of nitrogens with zero attached hydrogens (tertiary/aromatic N) is 1. The number of rotatable bonds is 13. The molecular formula is C30H33N5O3. The molecule has 0 saturated carbocycles. The highest BCUT2D eigenvalue weighted by molar-refractivity contribution is 5.92. The maximum absolute atomic E-state index is 13.7. The third-order valence-electron chi connectivity index (χ3n) is 6.25. The van der Waals surface area contributed by atoms with E-state index in [0.717, 1.165) is 22.4 Å². The van der Waals surface area contributed by atoms with Gasteiger partial charge in [-0.15, -0.1) is 0 Å². The summed E-state index contributed by atoms with van der Waals surface area (Å²) in [6.45, 7) is 0.951. The Morgan fingerprint density at radius 3 is 2.13 bits per heavy atom. The molecule has 2 amide bonds. The minimum atomic E-state index is -0.700. The summed E-state index contributed by atoms with van der Waals surface area (Å²) < 4.78 is 5.21. The standard InChI is InChI=1S/C30H33N5O3/c1-38-25-16-14-22(15-17-25)21-34-28(36)26(13-8-18-31-30-32-19-20-33-30)35-29(37)27(23-9-4-2-5-10-23)24-11-6-3-7-12-24/h2-7,9-12,14-17,19-20,26-27H,8,13,18,21H2,1H3,(H,34,36)(H,35,37)(H2,31,32,33). The van der Waals surface area contributed by atoms with E-state index < -0.39 is 12.0 Å². The lowest BCUT2D eigenvalue weighted by molar-refractivity contribution is -0.129. The fraction of sp³-hybridized carbons (Fsp3) is 0.233. The van der Waals surface area contributed by atoms with E-state index in [1.165, 1.54) is 0 Å². The van der Waals surface area contributed by atoms with E-state index in [9.17, 15) is 9.59 Å². The Morgan fingerprint density at radius 1 is 0.895 bits per heavy atom. The van der Waals surface area contributed by atoms with Crippen LogP contribution in [0.5, 0.6) is 5.75 Å². The molecule has 8 heteroatoms. The van der Waals surface area contributed by atoms with Crippen LogP contribution >= 0.6 is 0 Å². The molecule has 0 saturated heterocycles. The summed E-state index contributed by atoms with van der Waals surface area (Å²) in [5.74, 6) is 0.443. The third kappa shape index (κ3) is 7.46. The van der Waals surface area contributed by atoms with Crippen LogP contribution in [0.4, 0.5) is 5.95 Å². The lowest BCUT2D eigenvalue weighted by Crippen LogP contribution is -2.48. The lowest BCUT2D eigenvalue weighted by atomic mass is 9.90. The summed E-state index contributed by atoms with van der Waals surface area (Å²) in [6.07, 6.45) is 4.53. The predicted octanol–water partition coefficient (Wildman–Crippen LogP) is 4.24. The Hall–Kier alpha value is -4.59. The highest BCUT2D eigenvalue weighted by atomic mass is 16.5. The normalized spacial score (nSPS) is 11.5. The number of imidazole rings is 1. The van der Waals surface area contributed by atoms with E-state index in [4.69, 9.17) is 4.74 Å². The van der Waals surface area contributed by atoms with Gasteiger partial charge in [-0.25, -0.2) is 4.98 Å². The first kappa shape index (κ1) is 26.5. The van der Waals surface area contributed by atoms with Crippen LogP contribution in [0.25, 0.3) is 0 Å². The van der Waals surface area contributed by atoms with Crippen molar-refractivity contribution in [3.05, 3.63) is 114 Å². The van der Waals surface area contributed by atoms with Crippen LogP contribution in [0, 0.1) is 0 Å². The predicted molar refractivity (Wildman–Crippen MR) is 148 cm³/mol. The first-order chi connectivity index (χ1) is 18.6. The van der Waals surface area contributed by atoms with Gasteiger partial charge in [0.05, 0.1) is 13.0 Å². The number of amides is 2. The van der Waals surface area contributed by atoms with Crippen molar-refractivity contribution in [3.63, 3.8) is 0 Å². The van der Waals surface area contributed by atoms with Gasteiger partial charge in [-0.2, -0.15) is 0 Å². The fourth-order valence-electron chi connectivity index (χ4n) is 4.24. The molecule has 0 spiro atoms. The lowest BCUT2D eigenvalue weighted by Gasteiger charge is -2.23. The van der Waals surface area contributed by atoms with Gasteiger partial charge in [-0.3, -0.25) is 9.59 Å². The van der Waals surface area contributed by atoms with Gasteiger partial charge < -0.3 is 25.7 Å². The van der Waals surface area contributed by atoms with Gasteiger partial charge in [0.2, 0.25) is 11.8 Å². The molecular weight excluding hydrogens is 478 g/mol. The van der Waals surface area contributed by atoms with Crippen molar-refractivity contribution in [2.24, 2.45) is 0 Å². The van der Waals surface area contributed by atoms with E-state index in [1.54, 1.807) is 19.5 Å². The Labute approximate surface area is 222 Å². The van der Waals surface area contributed by atoms with Gasteiger partial charge in [0, 0.05) is 25.5 Å². The molecule has 1 atom stereocenters. The number of H-pyrrole nitrogens is 1. The molecule has 196 valence electrons. The smallest absolute Gasteiger partial charge is 0.242 e. The van der Waals surface area contributed by atoms with Gasteiger partial charge in [-0.1, -0.05) is 72.8 Å². The molecule has 1 heterocycles. The van der Waals surface area contributed by atoms with Crippen molar-refractivity contribution in [1.29, 1.82) is 0 Å². The second-order valence-electron chi connectivity index (χ2n) is 8.89. The van der Waals surface area contributed by atoms with E-state index in [1.807, 2.05) is 84.9 Å². The number of nitrogens with one attached hydrogen (secondary N) is 4. The van der Waals surface area contributed by atoms with Gasteiger partial charge in [-0.05, 0) is 41.7 Å². The Bertz CT molecular complexity index is 1220. The summed E-state index contributed by atoms with van der Waals surface area (Å²) in [5.41, 5.74) is 2.68. The van der Waals surface area contributed by atoms with Crippen LogP contribution in [0.2, 0.25) is 0 Å². The van der Waals surface area contributed by atoms with Gasteiger partial charge in [0.25, 0.3) is 0 Å². The summed E-state index contributed by atoms with van der Waals surface area (Å²) >= 11 is 0. The minimum absolute atomic E-state index is 0.217. The Morgan fingerprint density at radius 2 is 1.55 bits per heavy atom. The quantitative estimate of drug-likeness (QED) is 0.201. The van der Waals surface area contributed by atoms with Gasteiger partial charge >= 0.3 is 0 Å². The van der Waals surface area contributed by atoms with Crippen LogP contribution in [0.3, 0.4) is 0 Å². The molecule has 1 aromatic heterocycles. The van der Waals surface area contributed by atoms with Crippen molar-refractivity contribution in [2.75, 3.05) is 19.0 Å². The first-order valence-electron chi connectivity index (χ1n) is 12.7. The number of aromatic amines is 1. The summed E-state index contributed by atoms with van der Waals surface area (Å²) in [7, 11) is 1.61. The average molecular weight is 512 g/mol. The molecule has 4 N–H and O–H groups in total.